The quantitative estimate of drug-likeness (QED) is 0.647. The number of carbonyl (C=O) groups excluding carboxylic acids is 2. The molecular formula is C18H18N4O4. The number of carbonyl (C=O) groups is 2. The van der Waals surface area contributed by atoms with Gasteiger partial charge in [0.05, 0.1) is 16.2 Å². The number of nitro groups is 1. The molecule has 0 spiro atoms. The molecule has 2 N–H and O–H groups in total. The highest BCUT2D eigenvalue weighted by Crippen LogP contribution is 2.28. The summed E-state index contributed by atoms with van der Waals surface area (Å²) in [4.78, 5) is 37.1. The van der Waals surface area contributed by atoms with Crippen molar-refractivity contribution in [2.24, 2.45) is 0 Å². The Morgan fingerprint density at radius 1 is 0.962 bits per heavy atom. The van der Waals surface area contributed by atoms with Gasteiger partial charge in [-0.25, -0.2) is 0 Å². The molecule has 1 saturated heterocycles. The van der Waals surface area contributed by atoms with Crippen LogP contribution in [0.3, 0.4) is 0 Å². The maximum atomic E-state index is 12.6. The van der Waals surface area contributed by atoms with Crippen molar-refractivity contribution >= 4 is 23.2 Å². The molecule has 1 heterocycles. The summed E-state index contributed by atoms with van der Waals surface area (Å²) in [5.74, 6) is -1.06. The summed E-state index contributed by atoms with van der Waals surface area (Å²) < 4.78 is 0. The van der Waals surface area contributed by atoms with Crippen LogP contribution in [0, 0.1) is 10.1 Å². The lowest BCUT2D eigenvalue weighted by atomic mass is 10.1. The second kappa shape index (κ2) is 7.64. The molecule has 2 aromatic carbocycles. The monoisotopic (exact) mass is 354 g/mol. The van der Waals surface area contributed by atoms with Crippen molar-refractivity contribution in [1.29, 1.82) is 0 Å². The molecule has 1 aliphatic rings. The van der Waals surface area contributed by atoms with Gasteiger partial charge in [0.15, 0.2) is 0 Å². The van der Waals surface area contributed by atoms with E-state index < -0.39 is 16.7 Å². The fourth-order valence-electron chi connectivity index (χ4n) is 2.90. The van der Waals surface area contributed by atoms with Gasteiger partial charge in [0.1, 0.15) is 0 Å². The lowest BCUT2D eigenvalue weighted by Crippen LogP contribution is -2.42. The number of nitro benzene ring substituents is 1. The highest BCUT2D eigenvalue weighted by molar-refractivity contribution is 6.02. The Kier molecular flexibility index (Phi) is 5.12. The predicted molar refractivity (Wildman–Crippen MR) is 95.9 cm³/mol. The third kappa shape index (κ3) is 3.80. The smallest absolute Gasteiger partial charge is 0.272 e. The third-order valence-electron chi connectivity index (χ3n) is 4.21. The Morgan fingerprint density at radius 2 is 1.62 bits per heavy atom. The highest BCUT2D eigenvalue weighted by atomic mass is 16.6. The minimum Gasteiger partial charge on any atom is -0.371 e. The summed E-state index contributed by atoms with van der Waals surface area (Å²) in [7, 11) is 0. The van der Waals surface area contributed by atoms with Gasteiger partial charge in [0.25, 0.3) is 17.5 Å². The summed E-state index contributed by atoms with van der Waals surface area (Å²) >= 11 is 0. The first kappa shape index (κ1) is 17.4. The minimum absolute atomic E-state index is 0.162. The van der Waals surface area contributed by atoms with Crippen molar-refractivity contribution in [2.75, 3.05) is 18.0 Å². The fraction of sp³-hybridized carbons (Fsp3) is 0.222. The average Bonchev–Trinajstić information content (AvgIpc) is 3.20. The van der Waals surface area contributed by atoms with Crippen molar-refractivity contribution < 1.29 is 14.5 Å². The standard InChI is InChI=1S/C18H18N4O4/c23-17(13-6-2-1-3-7-13)19-20-18(24)15-12-14(22(25)26)8-9-16(15)21-10-4-5-11-21/h1-3,6-9,12H,4-5,10-11H2,(H,19,23)(H,20,24). The SMILES string of the molecule is O=C(NNC(=O)c1cc([N+](=O)[O-])ccc1N1CCCC1)c1ccccc1. The van der Waals surface area contributed by atoms with Crippen molar-refractivity contribution in [1.82, 2.24) is 10.9 Å². The number of amides is 2. The van der Waals surface area contributed by atoms with Gasteiger partial charge < -0.3 is 4.90 Å². The molecular weight excluding hydrogens is 336 g/mol. The van der Waals surface area contributed by atoms with Crippen molar-refractivity contribution in [3.63, 3.8) is 0 Å². The maximum absolute atomic E-state index is 12.6. The van der Waals surface area contributed by atoms with Gasteiger partial charge in [-0.15, -0.1) is 0 Å². The molecule has 3 rings (SSSR count). The second-order valence-electron chi connectivity index (χ2n) is 5.93. The number of nitrogens with one attached hydrogen (secondary N) is 2. The van der Waals surface area contributed by atoms with Crippen molar-refractivity contribution in [3.05, 3.63) is 69.8 Å². The molecule has 0 bridgehead atoms. The van der Waals surface area contributed by atoms with Crippen LogP contribution in [0.25, 0.3) is 0 Å². The lowest BCUT2D eigenvalue weighted by Gasteiger charge is -2.21. The van der Waals surface area contributed by atoms with Crippen molar-refractivity contribution in [2.45, 2.75) is 12.8 Å². The topological polar surface area (TPSA) is 105 Å². The molecule has 134 valence electrons. The second-order valence-corrected chi connectivity index (χ2v) is 5.93. The number of hydrogen-bond donors (Lipinski definition) is 2. The van der Waals surface area contributed by atoms with E-state index in [4.69, 9.17) is 0 Å². The van der Waals surface area contributed by atoms with E-state index >= 15 is 0 Å². The van der Waals surface area contributed by atoms with Crippen LogP contribution in [0.1, 0.15) is 33.6 Å². The Balaban J connectivity index is 1.79. The zero-order chi connectivity index (χ0) is 18.5. The molecule has 8 nitrogen and oxygen atoms in total. The predicted octanol–water partition coefficient (Wildman–Crippen LogP) is 2.27. The van der Waals surface area contributed by atoms with Crippen LogP contribution in [0.15, 0.2) is 48.5 Å². The molecule has 0 atom stereocenters. The van der Waals surface area contributed by atoms with Crippen LogP contribution < -0.4 is 15.8 Å². The van der Waals surface area contributed by atoms with Crippen LogP contribution in [0.4, 0.5) is 11.4 Å². The Labute approximate surface area is 149 Å². The first-order valence-corrected chi connectivity index (χ1v) is 8.25. The largest absolute Gasteiger partial charge is 0.371 e. The molecule has 0 radical (unpaired) electrons. The van der Waals surface area contributed by atoms with Crippen LogP contribution in [-0.2, 0) is 0 Å². The van der Waals surface area contributed by atoms with E-state index in [-0.39, 0.29) is 11.3 Å². The first-order valence-electron chi connectivity index (χ1n) is 8.25. The van der Waals surface area contributed by atoms with E-state index in [1.54, 1.807) is 36.4 Å². The number of anilines is 1. The number of rotatable bonds is 4. The van der Waals surface area contributed by atoms with Gasteiger partial charge in [0, 0.05) is 30.8 Å². The molecule has 0 aliphatic carbocycles. The van der Waals surface area contributed by atoms with Gasteiger partial charge >= 0.3 is 0 Å². The van der Waals surface area contributed by atoms with E-state index in [9.17, 15) is 19.7 Å². The zero-order valence-electron chi connectivity index (χ0n) is 14.0. The van der Waals surface area contributed by atoms with E-state index in [1.165, 1.54) is 12.1 Å². The highest BCUT2D eigenvalue weighted by Gasteiger charge is 2.22. The van der Waals surface area contributed by atoms with E-state index in [2.05, 4.69) is 10.9 Å². The molecule has 0 aromatic heterocycles. The Hall–Kier alpha value is -3.42. The summed E-state index contributed by atoms with van der Waals surface area (Å²) in [6.07, 6.45) is 2.01. The average molecular weight is 354 g/mol. The number of hydrazine groups is 1. The number of benzene rings is 2. The van der Waals surface area contributed by atoms with E-state index in [0.29, 0.717) is 11.3 Å². The molecule has 0 saturated carbocycles. The number of hydrogen-bond acceptors (Lipinski definition) is 5. The molecule has 8 heteroatoms. The van der Waals surface area contributed by atoms with Gasteiger partial charge in [-0.05, 0) is 31.0 Å². The number of non-ortho nitro benzene ring substituents is 1. The van der Waals surface area contributed by atoms with E-state index in [0.717, 1.165) is 25.9 Å². The molecule has 26 heavy (non-hydrogen) atoms. The molecule has 2 amide bonds. The molecule has 1 fully saturated rings. The Morgan fingerprint density at radius 3 is 2.27 bits per heavy atom. The molecule has 1 aliphatic heterocycles. The Bertz CT molecular complexity index is 832. The lowest BCUT2D eigenvalue weighted by molar-refractivity contribution is -0.384. The summed E-state index contributed by atoms with van der Waals surface area (Å²) in [6.45, 7) is 1.57. The number of nitrogens with zero attached hydrogens (tertiary/aromatic N) is 2. The van der Waals surface area contributed by atoms with Crippen LogP contribution >= 0.6 is 0 Å². The van der Waals surface area contributed by atoms with Gasteiger partial charge in [-0.3, -0.25) is 30.6 Å². The minimum atomic E-state index is -0.597. The zero-order valence-corrected chi connectivity index (χ0v) is 14.0. The maximum Gasteiger partial charge on any atom is 0.272 e. The third-order valence-corrected chi connectivity index (χ3v) is 4.21. The first-order chi connectivity index (χ1) is 12.6. The van der Waals surface area contributed by atoms with Gasteiger partial charge in [0.2, 0.25) is 0 Å². The van der Waals surface area contributed by atoms with Crippen molar-refractivity contribution in [3.8, 4) is 0 Å². The summed E-state index contributed by atoms with van der Waals surface area (Å²) in [6, 6.07) is 12.6. The summed E-state index contributed by atoms with van der Waals surface area (Å²) in [5.41, 5.74) is 5.68. The van der Waals surface area contributed by atoms with Crippen LogP contribution in [0.2, 0.25) is 0 Å². The normalized spacial score (nSPS) is 13.3. The van der Waals surface area contributed by atoms with Crippen LogP contribution in [0.5, 0.6) is 0 Å². The summed E-state index contributed by atoms with van der Waals surface area (Å²) in [5, 5.41) is 11.0. The van der Waals surface area contributed by atoms with Crippen LogP contribution in [-0.4, -0.2) is 29.8 Å². The van der Waals surface area contributed by atoms with E-state index in [1.807, 2.05) is 4.90 Å². The molecule has 2 aromatic rings. The molecule has 0 unspecified atom stereocenters. The fourth-order valence-corrected chi connectivity index (χ4v) is 2.90. The van der Waals surface area contributed by atoms with Gasteiger partial charge in [-0.1, -0.05) is 18.2 Å². The van der Waals surface area contributed by atoms with Gasteiger partial charge in [-0.2, -0.15) is 0 Å².